The van der Waals surface area contributed by atoms with Crippen LogP contribution in [-0.4, -0.2) is 28.2 Å². The van der Waals surface area contributed by atoms with Crippen molar-refractivity contribution >= 4 is 5.97 Å². The fraction of sp³-hybridized carbons (Fsp3) is 0.500. The molecular formula is C10H14N2O3. The van der Waals surface area contributed by atoms with Crippen LogP contribution in [0.2, 0.25) is 0 Å². The van der Waals surface area contributed by atoms with E-state index in [-0.39, 0.29) is 18.2 Å². The zero-order chi connectivity index (χ0) is 11.4. The molecule has 0 fully saturated rings. The maximum absolute atomic E-state index is 10.8. The summed E-state index contributed by atoms with van der Waals surface area (Å²) in [5, 5.41) is 8.85. The van der Waals surface area contributed by atoms with E-state index in [1.807, 2.05) is 13.8 Å². The normalized spacial score (nSPS) is 10.7. The van der Waals surface area contributed by atoms with E-state index in [0.717, 1.165) is 5.69 Å². The van der Waals surface area contributed by atoms with Gasteiger partial charge in [0.1, 0.15) is 6.61 Å². The SMILES string of the molecule is COCc1nc(C(=O)O)cc(C(C)C)n1. The van der Waals surface area contributed by atoms with Crippen LogP contribution in [0, 0.1) is 0 Å². The summed E-state index contributed by atoms with van der Waals surface area (Å²) in [7, 11) is 1.52. The zero-order valence-corrected chi connectivity index (χ0v) is 9.02. The van der Waals surface area contributed by atoms with Crippen molar-refractivity contribution in [2.24, 2.45) is 0 Å². The van der Waals surface area contributed by atoms with Gasteiger partial charge in [-0.3, -0.25) is 0 Å². The molecule has 0 bridgehead atoms. The van der Waals surface area contributed by atoms with Gasteiger partial charge in [0.05, 0.1) is 0 Å². The van der Waals surface area contributed by atoms with Crippen molar-refractivity contribution in [2.75, 3.05) is 7.11 Å². The molecule has 1 rings (SSSR count). The molecule has 0 saturated carbocycles. The van der Waals surface area contributed by atoms with Crippen LogP contribution in [0.5, 0.6) is 0 Å². The Morgan fingerprint density at radius 1 is 1.53 bits per heavy atom. The van der Waals surface area contributed by atoms with Crippen LogP contribution in [0.3, 0.4) is 0 Å². The minimum atomic E-state index is -1.04. The van der Waals surface area contributed by atoms with Crippen LogP contribution in [0.4, 0.5) is 0 Å². The van der Waals surface area contributed by atoms with E-state index in [2.05, 4.69) is 9.97 Å². The zero-order valence-electron chi connectivity index (χ0n) is 9.02. The second-order valence-corrected chi connectivity index (χ2v) is 3.49. The molecule has 0 aliphatic heterocycles. The second kappa shape index (κ2) is 4.84. The molecule has 0 saturated heterocycles. The summed E-state index contributed by atoms with van der Waals surface area (Å²) < 4.78 is 4.88. The van der Waals surface area contributed by atoms with Gasteiger partial charge in [-0.05, 0) is 12.0 Å². The van der Waals surface area contributed by atoms with Crippen LogP contribution >= 0.6 is 0 Å². The maximum Gasteiger partial charge on any atom is 0.354 e. The van der Waals surface area contributed by atoms with Gasteiger partial charge < -0.3 is 9.84 Å². The molecule has 5 heteroatoms. The first kappa shape index (κ1) is 11.6. The third kappa shape index (κ3) is 2.99. The van der Waals surface area contributed by atoms with Crippen molar-refractivity contribution < 1.29 is 14.6 Å². The third-order valence-corrected chi connectivity index (χ3v) is 1.88. The fourth-order valence-corrected chi connectivity index (χ4v) is 1.12. The summed E-state index contributed by atoms with van der Waals surface area (Å²) in [6.45, 7) is 4.12. The van der Waals surface area contributed by atoms with Gasteiger partial charge in [-0.1, -0.05) is 13.8 Å². The number of aromatic carboxylic acids is 1. The number of carboxylic acids is 1. The molecule has 0 aliphatic rings. The lowest BCUT2D eigenvalue weighted by atomic mass is 10.1. The highest BCUT2D eigenvalue weighted by Crippen LogP contribution is 2.13. The molecule has 0 spiro atoms. The van der Waals surface area contributed by atoms with Crippen molar-refractivity contribution in [1.82, 2.24) is 9.97 Å². The van der Waals surface area contributed by atoms with Gasteiger partial charge in [0.25, 0.3) is 0 Å². The van der Waals surface area contributed by atoms with Gasteiger partial charge in [-0.15, -0.1) is 0 Å². The molecule has 5 nitrogen and oxygen atoms in total. The lowest BCUT2D eigenvalue weighted by molar-refractivity contribution is 0.0688. The Labute approximate surface area is 88.1 Å². The molecule has 15 heavy (non-hydrogen) atoms. The van der Waals surface area contributed by atoms with E-state index in [0.29, 0.717) is 5.82 Å². The molecular weight excluding hydrogens is 196 g/mol. The Morgan fingerprint density at radius 2 is 2.20 bits per heavy atom. The van der Waals surface area contributed by atoms with Crippen LogP contribution in [0.1, 0.15) is 41.8 Å². The highest BCUT2D eigenvalue weighted by molar-refractivity contribution is 5.85. The summed E-state index contributed by atoms with van der Waals surface area (Å²) in [5.41, 5.74) is 0.732. The third-order valence-electron chi connectivity index (χ3n) is 1.88. The van der Waals surface area contributed by atoms with E-state index >= 15 is 0 Å². The fourth-order valence-electron chi connectivity index (χ4n) is 1.12. The Balaban J connectivity index is 3.14. The molecule has 1 heterocycles. The Hall–Kier alpha value is -1.49. The van der Waals surface area contributed by atoms with Crippen LogP contribution < -0.4 is 0 Å². The van der Waals surface area contributed by atoms with E-state index in [4.69, 9.17) is 9.84 Å². The van der Waals surface area contributed by atoms with Crippen molar-refractivity contribution in [3.8, 4) is 0 Å². The van der Waals surface area contributed by atoms with Crippen LogP contribution in [0.25, 0.3) is 0 Å². The summed E-state index contributed by atoms with van der Waals surface area (Å²) in [5.74, 6) is -0.473. The van der Waals surface area contributed by atoms with Gasteiger partial charge in [0.15, 0.2) is 11.5 Å². The molecule has 0 atom stereocenters. The minimum absolute atomic E-state index is 0.0146. The topological polar surface area (TPSA) is 72.3 Å². The predicted octanol–water partition coefficient (Wildman–Crippen LogP) is 1.44. The number of carboxylic acid groups (broad SMARTS) is 1. The van der Waals surface area contributed by atoms with Gasteiger partial charge in [-0.2, -0.15) is 0 Å². The highest BCUT2D eigenvalue weighted by atomic mass is 16.5. The highest BCUT2D eigenvalue weighted by Gasteiger charge is 2.11. The molecule has 82 valence electrons. The van der Waals surface area contributed by atoms with E-state index < -0.39 is 5.97 Å². The standard InChI is InChI=1S/C10H14N2O3/c1-6(2)7-4-8(10(13)14)12-9(11-7)5-15-3/h4,6H,5H2,1-3H3,(H,13,14). The molecule has 0 unspecified atom stereocenters. The number of methoxy groups -OCH3 is 1. The number of nitrogens with zero attached hydrogens (tertiary/aromatic N) is 2. The Kier molecular flexibility index (Phi) is 3.74. The maximum atomic E-state index is 10.8. The van der Waals surface area contributed by atoms with Crippen molar-refractivity contribution in [3.63, 3.8) is 0 Å². The summed E-state index contributed by atoms with van der Waals surface area (Å²) in [6.07, 6.45) is 0. The van der Waals surface area contributed by atoms with Gasteiger partial charge >= 0.3 is 5.97 Å². The molecule has 1 aromatic rings. The van der Waals surface area contributed by atoms with Gasteiger partial charge in [0.2, 0.25) is 0 Å². The summed E-state index contributed by atoms with van der Waals surface area (Å²) in [4.78, 5) is 18.9. The van der Waals surface area contributed by atoms with Gasteiger partial charge in [-0.25, -0.2) is 14.8 Å². The number of aromatic nitrogens is 2. The first-order chi connectivity index (χ1) is 7.04. The quantitative estimate of drug-likeness (QED) is 0.814. The Morgan fingerprint density at radius 3 is 2.67 bits per heavy atom. The number of ether oxygens (including phenoxy) is 1. The molecule has 0 aromatic carbocycles. The van der Waals surface area contributed by atoms with E-state index in [1.165, 1.54) is 13.2 Å². The first-order valence-electron chi connectivity index (χ1n) is 4.64. The van der Waals surface area contributed by atoms with Gasteiger partial charge in [0, 0.05) is 12.8 Å². The largest absolute Gasteiger partial charge is 0.477 e. The monoisotopic (exact) mass is 210 g/mol. The molecule has 1 N–H and O–H groups in total. The van der Waals surface area contributed by atoms with E-state index in [9.17, 15) is 4.79 Å². The Bertz CT molecular complexity index is 364. The van der Waals surface area contributed by atoms with Crippen LogP contribution in [0.15, 0.2) is 6.07 Å². The summed E-state index contributed by atoms with van der Waals surface area (Å²) in [6, 6.07) is 1.49. The van der Waals surface area contributed by atoms with Crippen molar-refractivity contribution in [1.29, 1.82) is 0 Å². The first-order valence-corrected chi connectivity index (χ1v) is 4.64. The van der Waals surface area contributed by atoms with E-state index in [1.54, 1.807) is 0 Å². The molecule has 1 aromatic heterocycles. The number of rotatable bonds is 4. The average Bonchev–Trinajstić information content (AvgIpc) is 2.17. The van der Waals surface area contributed by atoms with Crippen molar-refractivity contribution in [2.45, 2.75) is 26.4 Å². The summed E-state index contributed by atoms with van der Waals surface area (Å²) >= 11 is 0. The van der Waals surface area contributed by atoms with Crippen molar-refractivity contribution in [3.05, 3.63) is 23.3 Å². The predicted molar refractivity (Wildman–Crippen MR) is 53.8 cm³/mol. The molecule has 0 aliphatic carbocycles. The second-order valence-electron chi connectivity index (χ2n) is 3.49. The number of hydrogen-bond donors (Lipinski definition) is 1. The minimum Gasteiger partial charge on any atom is -0.477 e. The molecule has 0 radical (unpaired) electrons. The lowest BCUT2D eigenvalue weighted by Crippen LogP contribution is -2.09. The number of hydrogen-bond acceptors (Lipinski definition) is 4. The lowest BCUT2D eigenvalue weighted by Gasteiger charge is -2.07. The average molecular weight is 210 g/mol. The smallest absolute Gasteiger partial charge is 0.354 e. The van der Waals surface area contributed by atoms with Crippen LogP contribution in [-0.2, 0) is 11.3 Å². The number of carbonyl (C=O) groups is 1. The molecule has 0 amide bonds.